The number of ether oxygens (including phenoxy) is 1. The lowest BCUT2D eigenvalue weighted by Crippen LogP contribution is -2.30. The number of benzene rings is 2. The molecule has 0 radical (unpaired) electrons. The number of carbonyl (C=O) groups excluding carboxylic acids is 3. The lowest BCUT2D eigenvalue weighted by atomic mass is 10.1. The Bertz CT molecular complexity index is 895. The first-order valence-electron chi connectivity index (χ1n) is 9.03. The maximum Gasteiger partial charge on any atom is 0.325 e. The molecule has 2 amide bonds. The van der Waals surface area contributed by atoms with E-state index in [0.717, 1.165) is 16.8 Å². The normalized spacial score (nSPS) is 10.3. The number of halogens is 2. The lowest BCUT2D eigenvalue weighted by molar-refractivity contribution is -0.142. The summed E-state index contributed by atoms with van der Waals surface area (Å²) in [6.07, 6.45) is 0.597. The molecule has 6 nitrogen and oxygen atoms in total. The van der Waals surface area contributed by atoms with Crippen LogP contribution >= 0.6 is 23.2 Å². The summed E-state index contributed by atoms with van der Waals surface area (Å²) >= 11 is 11.7. The van der Waals surface area contributed by atoms with Crippen molar-refractivity contribution in [3.8, 4) is 0 Å². The number of hydrogen-bond acceptors (Lipinski definition) is 4. The molecule has 0 aliphatic carbocycles. The van der Waals surface area contributed by atoms with Crippen molar-refractivity contribution >= 4 is 46.7 Å². The number of para-hydroxylation sites is 1. The highest BCUT2D eigenvalue weighted by atomic mass is 35.5. The van der Waals surface area contributed by atoms with E-state index in [0.29, 0.717) is 11.4 Å². The van der Waals surface area contributed by atoms with E-state index in [4.69, 9.17) is 27.9 Å². The fourth-order valence-electron chi connectivity index (χ4n) is 2.58. The molecule has 0 aromatic heterocycles. The third kappa shape index (κ3) is 7.07. The Kier molecular flexibility index (Phi) is 8.49. The number of rotatable bonds is 8. The third-order valence-corrected chi connectivity index (χ3v) is 4.87. The largest absolute Gasteiger partial charge is 0.464 e. The highest BCUT2D eigenvalue weighted by molar-refractivity contribution is 6.42. The van der Waals surface area contributed by atoms with Gasteiger partial charge in [-0.1, -0.05) is 41.4 Å². The van der Waals surface area contributed by atoms with Gasteiger partial charge in [-0.3, -0.25) is 14.4 Å². The summed E-state index contributed by atoms with van der Waals surface area (Å²) < 4.78 is 5.04. The Hall–Kier alpha value is -2.57. The van der Waals surface area contributed by atoms with Gasteiger partial charge < -0.3 is 15.4 Å². The van der Waals surface area contributed by atoms with Crippen molar-refractivity contribution in [2.45, 2.75) is 26.7 Å². The maximum atomic E-state index is 12.1. The van der Waals surface area contributed by atoms with Crippen molar-refractivity contribution in [2.24, 2.45) is 0 Å². The van der Waals surface area contributed by atoms with Gasteiger partial charge in [-0.15, -0.1) is 0 Å². The molecule has 29 heavy (non-hydrogen) atoms. The molecular weight excluding hydrogens is 415 g/mol. The molecule has 8 heteroatoms. The molecule has 0 unspecified atom stereocenters. The Morgan fingerprint density at radius 2 is 1.69 bits per heavy atom. The van der Waals surface area contributed by atoms with Crippen LogP contribution in [0.25, 0.3) is 0 Å². The first-order valence-corrected chi connectivity index (χ1v) is 9.78. The van der Waals surface area contributed by atoms with Crippen LogP contribution < -0.4 is 10.6 Å². The number of hydrogen-bond donors (Lipinski definition) is 2. The predicted octanol–water partition coefficient (Wildman–Crippen LogP) is 4.30. The van der Waals surface area contributed by atoms with E-state index in [1.54, 1.807) is 0 Å². The molecule has 0 aliphatic rings. The van der Waals surface area contributed by atoms with Gasteiger partial charge >= 0.3 is 5.97 Å². The minimum atomic E-state index is -0.589. The van der Waals surface area contributed by atoms with Gasteiger partial charge in [0.2, 0.25) is 5.91 Å². The number of amides is 2. The van der Waals surface area contributed by atoms with Crippen LogP contribution in [-0.2, 0) is 14.3 Å². The molecule has 0 bridgehead atoms. The summed E-state index contributed by atoms with van der Waals surface area (Å²) in [5, 5.41) is 5.91. The van der Waals surface area contributed by atoms with E-state index in [1.165, 1.54) is 18.2 Å². The second-order valence-corrected chi connectivity index (χ2v) is 7.26. The van der Waals surface area contributed by atoms with E-state index in [2.05, 4.69) is 10.6 Å². The smallest absolute Gasteiger partial charge is 0.325 e. The van der Waals surface area contributed by atoms with Crippen molar-refractivity contribution in [1.29, 1.82) is 0 Å². The number of anilines is 1. The van der Waals surface area contributed by atoms with Crippen LogP contribution in [0.1, 0.15) is 34.3 Å². The van der Waals surface area contributed by atoms with Gasteiger partial charge in [-0.05, 0) is 49.6 Å². The fraction of sp³-hybridized carbons (Fsp3) is 0.286. The van der Waals surface area contributed by atoms with Crippen LogP contribution in [0.4, 0.5) is 5.69 Å². The van der Waals surface area contributed by atoms with Gasteiger partial charge in [0.15, 0.2) is 0 Å². The van der Waals surface area contributed by atoms with Crippen molar-refractivity contribution in [1.82, 2.24) is 5.32 Å². The molecule has 0 fully saturated rings. The van der Waals surface area contributed by atoms with E-state index >= 15 is 0 Å². The Labute approximate surface area is 179 Å². The molecular formula is C21H22Cl2N2O4. The van der Waals surface area contributed by atoms with E-state index in [-0.39, 0.29) is 36.1 Å². The number of carbonyl (C=O) groups is 3. The highest BCUT2D eigenvalue weighted by Crippen LogP contribution is 2.22. The zero-order valence-corrected chi connectivity index (χ0v) is 17.7. The van der Waals surface area contributed by atoms with Crippen LogP contribution in [0.5, 0.6) is 0 Å². The minimum Gasteiger partial charge on any atom is -0.464 e. The topological polar surface area (TPSA) is 84.5 Å². The number of aryl methyl sites for hydroxylation is 2. The van der Waals surface area contributed by atoms with Crippen molar-refractivity contribution in [3.63, 3.8) is 0 Å². The summed E-state index contributed by atoms with van der Waals surface area (Å²) in [6, 6.07) is 10.2. The molecule has 0 heterocycles. The first-order chi connectivity index (χ1) is 13.8. The molecule has 0 saturated carbocycles. The summed E-state index contributed by atoms with van der Waals surface area (Å²) in [5.74, 6) is -1.20. The lowest BCUT2D eigenvalue weighted by Gasteiger charge is -2.11. The van der Waals surface area contributed by atoms with Gasteiger partial charge in [0.25, 0.3) is 5.91 Å². The molecule has 0 atom stereocenters. The quantitative estimate of drug-likeness (QED) is 0.477. The number of esters is 1. The molecule has 2 aromatic rings. The molecule has 2 N–H and O–H groups in total. The van der Waals surface area contributed by atoms with Crippen LogP contribution in [0, 0.1) is 13.8 Å². The monoisotopic (exact) mass is 436 g/mol. The molecule has 2 rings (SSSR count). The van der Waals surface area contributed by atoms with Gasteiger partial charge in [0, 0.05) is 17.7 Å². The van der Waals surface area contributed by atoms with Gasteiger partial charge in [-0.25, -0.2) is 0 Å². The summed E-state index contributed by atoms with van der Waals surface area (Å²) in [6.45, 7) is 3.66. The maximum absolute atomic E-state index is 12.1. The standard InChI is InChI=1S/C21H22Cl2N2O4/c1-13-5-3-6-14(2)20(13)25-18(26)7-4-10-29-19(27)12-24-21(28)15-8-9-16(22)17(23)11-15/h3,5-6,8-9,11H,4,7,10,12H2,1-2H3,(H,24,28)(H,25,26). The average Bonchev–Trinajstić information content (AvgIpc) is 2.68. The zero-order chi connectivity index (χ0) is 21.4. The highest BCUT2D eigenvalue weighted by Gasteiger charge is 2.11. The van der Waals surface area contributed by atoms with Crippen molar-refractivity contribution in [2.75, 3.05) is 18.5 Å². The van der Waals surface area contributed by atoms with Crippen molar-refractivity contribution < 1.29 is 19.1 Å². The van der Waals surface area contributed by atoms with Gasteiger partial charge in [-0.2, -0.15) is 0 Å². The predicted molar refractivity (Wildman–Crippen MR) is 114 cm³/mol. The van der Waals surface area contributed by atoms with E-state index in [1.807, 2.05) is 32.0 Å². The second-order valence-electron chi connectivity index (χ2n) is 6.45. The molecule has 0 spiro atoms. The third-order valence-electron chi connectivity index (χ3n) is 4.13. The number of nitrogens with one attached hydrogen (secondary N) is 2. The molecule has 2 aromatic carbocycles. The molecule has 0 saturated heterocycles. The van der Waals surface area contributed by atoms with E-state index < -0.39 is 11.9 Å². The summed E-state index contributed by atoms with van der Waals surface area (Å²) in [4.78, 5) is 35.8. The Balaban J connectivity index is 1.67. The first kappa shape index (κ1) is 22.7. The van der Waals surface area contributed by atoms with Gasteiger partial charge in [0.1, 0.15) is 6.54 Å². The van der Waals surface area contributed by atoms with Crippen molar-refractivity contribution in [3.05, 3.63) is 63.1 Å². The van der Waals surface area contributed by atoms with Crippen LogP contribution in [-0.4, -0.2) is 30.9 Å². The molecule has 0 aliphatic heterocycles. The van der Waals surface area contributed by atoms with Crippen LogP contribution in [0.2, 0.25) is 10.0 Å². The zero-order valence-electron chi connectivity index (χ0n) is 16.2. The summed E-state index contributed by atoms with van der Waals surface area (Å²) in [7, 11) is 0. The fourth-order valence-corrected chi connectivity index (χ4v) is 2.87. The van der Waals surface area contributed by atoms with Gasteiger partial charge in [0.05, 0.1) is 16.7 Å². The van der Waals surface area contributed by atoms with Crippen LogP contribution in [0.3, 0.4) is 0 Å². The molecule has 154 valence electrons. The Morgan fingerprint density at radius 3 is 2.34 bits per heavy atom. The second kappa shape index (κ2) is 10.8. The Morgan fingerprint density at radius 1 is 1.00 bits per heavy atom. The van der Waals surface area contributed by atoms with Crippen LogP contribution in [0.15, 0.2) is 36.4 Å². The summed E-state index contributed by atoms with van der Waals surface area (Å²) in [5.41, 5.74) is 3.07. The SMILES string of the molecule is Cc1cccc(C)c1NC(=O)CCCOC(=O)CNC(=O)c1ccc(Cl)c(Cl)c1. The van der Waals surface area contributed by atoms with E-state index in [9.17, 15) is 14.4 Å². The minimum absolute atomic E-state index is 0.0850. The average molecular weight is 437 g/mol.